The van der Waals surface area contributed by atoms with Crippen molar-refractivity contribution in [2.75, 3.05) is 5.75 Å². The highest BCUT2D eigenvalue weighted by Gasteiger charge is 2.17. The maximum Gasteiger partial charge on any atom is 0.277 e. The van der Waals surface area contributed by atoms with Crippen molar-refractivity contribution >= 4 is 15.5 Å². The summed E-state index contributed by atoms with van der Waals surface area (Å²) in [6, 6.07) is 12.8. The Bertz CT molecular complexity index is 814. The number of unbranched alkanes of at least 4 members (excludes halogenated alkanes) is 4. The second-order valence-electron chi connectivity index (χ2n) is 6.03. The Morgan fingerprint density at radius 2 is 1.56 bits per heavy atom. The van der Waals surface area contributed by atoms with E-state index in [0.717, 1.165) is 25.7 Å². The third kappa shape index (κ3) is 5.13. The highest BCUT2D eigenvalue weighted by atomic mass is 32.2. The van der Waals surface area contributed by atoms with Crippen LogP contribution in [-0.2, 0) is 9.84 Å². The van der Waals surface area contributed by atoms with Crippen LogP contribution in [-0.4, -0.2) is 19.1 Å². The molecule has 0 amide bonds. The van der Waals surface area contributed by atoms with E-state index >= 15 is 0 Å². The maximum atomic E-state index is 12.4. The zero-order chi connectivity index (χ0) is 18.3. The van der Waals surface area contributed by atoms with Gasteiger partial charge in [0.2, 0.25) is 0 Å². The van der Waals surface area contributed by atoms with Crippen LogP contribution >= 0.6 is 0 Å². The van der Waals surface area contributed by atoms with Crippen molar-refractivity contribution in [2.24, 2.45) is 0 Å². The number of sulfone groups is 1. The van der Waals surface area contributed by atoms with Gasteiger partial charge in [0.15, 0.2) is 9.84 Å². The minimum Gasteiger partial charge on any atom is -0.258 e. The van der Waals surface area contributed by atoms with Crippen LogP contribution < -0.4 is 0 Å². The summed E-state index contributed by atoms with van der Waals surface area (Å²) in [5, 5.41) is 11.1. The zero-order valence-corrected chi connectivity index (χ0v) is 15.2. The molecule has 0 fully saturated rings. The van der Waals surface area contributed by atoms with E-state index in [0.29, 0.717) is 17.5 Å². The molecule has 0 atom stereocenters. The molecule has 2 aromatic rings. The van der Waals surface area contributed by atoms with Crippen molar-refractivity contribution in [3.63, 3.8) is 0 Å². The summed E-state index contributed by atoms with van der Waals surface area (Å²) in [7, 11) is -3.31. The lowest BCUT2D eigenvalue weighted by Gasteiger charge is -2.07. The Labute approximate surface area is 148 Å². The molecule has 5 nitrogen and oxygen atoms in total. The van der Waals surface area contributed by atoms with Gasteiger partial charge >= 0.3 is 0 Å². The van der Waals surface area contributed by atoms with Gasteiger partial charge in [-0.3, -0.25) is 10.1 Å². The van der Waals surface area contributed by atoms with Crippen LogP contribution in [0.25, 0.3) is 11.1 Å². The molecular formula is C19H23NO4S. The van der Waals surface area contributed by atoms with Crippen LogP contribution in [0.2, 0.25) is 0 Å². The van der Waals surface area contributed by atoms with Gasteiger partial charge < -0.3 is 0 Å². The van der Waals surface area contributed by atoms with Crippen LogP contribution in [0.5, 0.6) is 0 Å². The third-order valence-electron chi connectivity index (χ3n) is 4.14. The molecule has 0 saturated carbocycles. The number of hydrogen-bond donors (Lipinski definition) is 0. The van der Waals surface area contributed by atoms with E-state index in [4.69, 9.17) is 0 Å². The maximum absolute atomic E-state index is 12.4. The first kappa shape index (κ1) is 19.1. The molecule has 0 heterocycles. The molecule has 25 heavy (non-hydrogen) atoms. The van der Waals surface area contributed by atoms with Gasteiger partial charge in [0.25, 0.3) is 5.69 Å². The smallest absolute Gasteiger partial charge is 0.258 e. The van der Waals surface area contributed by atoms with Crippen molar-refractivity contribution in [3.8, 4) is 11.1 Å². The molecule has 2 aromatic carbocycles. The monoisotopic (exact) mass is 361 g/mol. The van der Waals surface area contributed by atoms with E-state index in [2.05, 4.69) is 6.92 Å². The van der Waals surface area contributed by atoms with Gasteiger partial charge in [-0.1, -0.05) is 56.9 Å². The molecule has 0 N–H and O–H groups in total. The highest BCUT2D eigenvalue weighted by molar-refractivity contribution is 7.91. The zero-order valence-electron chi connectivity index (χ0n) is 14.3. The largest absolute Gasteiger partial charge is 0.277 e. The Hall–Kier alpha value is -2.21. The molecule has 0 aliphatic heterocycles. The highest BCUT2D eigenvalue weighted by Crippen LogP contribution is 2.30. The van der Waals surface area contributed by atoms with E-state index < -0.39 is 14.8 Å². The number of nitro groups is 1. The predicted octanol–water partition coefficient (Wildman–Crippen LogP) is 5.01. The molecule has 134 valence electrons. The summed E-state index contributed by atoms with van der Waals surface area (Å²) in [5.41, 5.74) is 1.12. The van der Waals surface area contributed by atoms with Gasteiger partial charge in [0.1, 0.15) is 0 Å². The van der Waals surface area contributed by atoms with Crippen molar-refractivity contribution in [1.29, 1.82) is 0 Å². The molecule has 0 aromatic heterocycles. The standard InChI is InChI=1S/C19H23NO4S/c1-2-3-4-5-8-15-25(23,24)17-13-11-16(12-14-17)18-9-6-7-10-19(18)20(21)22/h6-7,9-14H,2-5,8,15H2,1H3. The van der Waals surface area contributed by atoms with E-state index in [9.17, 15) is 18.5 Å². The molecule has 6 heteroatoms. The number of benzene rings is 2. The van der Waals surface area contributed by atoms with Crippen LogP contribution in [0.4, 0.5) is 5.69 Å². The fraction of sp³-hybridized carbons (Fsp3) is 0.368. The average molecular weight is 361 g/mol. The molecule has 0 saturated heterocycles. The summed E-state index contributed by atoms with van der Waals surface area (Å²) >= 11 is 0. The predicted molar refractivity (Wildman–Crippen MR) is 99.3 cm³/mol. The molecule has 2 rings (SSSR count). The lowest BCUT2D eigenvalue weighted by Crippen LogP contribution is -2.06. The summed E-state index contributed by atoms with van der Waals surface area (Å²) in [6.07, 6.45) is 4.89. The van der Waals surface area contributed by atoms with E-state index in [-0.39, 0.29) is 16.3 Å². The minimum atomic E-state index is -3.31. The molecule has 0 aliphatic rings. The van der Waals surface area contributed by atoms with Crippen molar-refractivity contribution < 1.29 is 13.3 Å². The summed E-state index contributed by atoms with van der Waals surface area (Å²) in [6.45, 7) is 2.12. The topological polar surface area (TPSA) is 77.3 Å². The summed E-state index contributed by atoms with van der Waals surface area (Å²) in [4.78, 5) is 11.0. The Morgan fingerprint density at radius 3 is 2.20 bits per heavy atom. The Morgan fingerprint density at radius 1 is 0.920 bits per heavy atom. The molecular weight excluding hydrogens is 338 g/mol. The van der Waals surface area contributed by atoms with Gasteiger partial charge in [-0.25, -0.2) is 8.42 Å². The normalized spacial score (nSPS) is 11.4. The van der Waals surface area contributed by atoms with E-state index in [1.807, 2.05) is 0 Å². The van der Waals surface area contributed by atoms with Gasteiger partial charge in [0, 0.05) is 6.07 Å². The summed E-state index contributed by atoms with van der Waals surface area (Å²) < 4.78 is 24.8. The number of para-hydroxylation sites is 1. The first-order valence-electron chi connectivity index (χ1n) is 8.52. The fourth-order valence-corrected chi connectivity index (χ4v) is 4.10. The lowest BCUT2D eigenvalue weighted by atomic mass is 10.0. The van der Waals surface area contributed by atoms with Gasteiger partial charge in [-0.15, -0.1) is 0 Å². The SMILES string of the molecule is CCCCCCCS(=O)(=O)c1ccc(-c2ccccc2[N+](=O)[O-])cc1. The van der Waals surface area contributed by atoms with Crippen LogP contribution in [0.1, 0.15) is 39.0 Å². The molecule has 0 bridgehead atoms. The van der Waals surface area contributed by atoms with Gasteiger partial charge in [0.05, 0.1) is 21.1 Å². The van der Waals surface area contributed by atoms with Crippen molar-refractivity contribution in [2.45, 2.75) is 43.9 Å². The fourth-order valence-electron chi connectivity index (χ4n) is 2.73. The Kier molecular flexibility index (Phi) is 6.70. The van der Waals surface area contributed by atoms with E-state index in [1.54, 1.807) is 30.3 Å². The summed E-state index contributed by atoms with van der Waals surface area (Å²) in [5.74, 6) is 0.140. The second-order valence-corrected chi connectivity index (χ2v) is 8.14. The van der Waals surface area contributed by atoms with Gasteiger partial charge in [-0.2, -0.15) is 0 Å². The van der Waals surface area contributed by atoms with Crippen LogP contribution in [0.15, 0.2) is 53.4 Å². The average Bonchev–Trinajstić information content (AvgIpc) is 2.61. The molecule has 0 aliphatic carbocycles. The quantitative estimate of drug-likeness (QED) is 0.357. The third-order valence-corrected chi connectivity index (χ3v) is 5.96. The second kappa shape index (κ2) is 8.76. The van der Waals surface area contributed by atoms with Crippen molar-refractivity contribution in [1.82, 2.24) is 0 Å². The van der Waals surface area contributed by atoms with Gasteiger partial charge in [-0.05, 0) is 30.2 Å². The van der Waals surface area contributed by atoms with Crippen LogP contribution in [0, 0.1) is 10.1 Å². The lowest BCUT2D eigenvalue weighted by molar-refractivity contribution is -0.384. The van der Waals surface area contributed by atoms with Crippen molar-refractivity contribution in [3.05, 3.63) is 58.6 Å². The number of nitrogens with zero attached hydrogens (tertiary/aromatic N) is 1. The first-order valence-corrected chi connectivity index (χ1v) is 10.2. The molecule has 0 spiro atoms. The number of nitro benzene ring substituents is 1. The molecule has 0 unspecified atom stereocenters. The van der Waals surface area contributed by atoms with E-state index in [1.165, 1.54) is 18.2 Å². The number of rotatable bonds is 9. The minimum absolute atomic E-state index is 0.00836. The van der Waals surface area contributed by atoms with Crippen LogP contribution in [0.3, 0.4) is 0 Å². The Balaban J connectivity index is 2.13. The number of hydrogen-bond acceptors (Lipinski definition) is 4. The first-order chi connectivity index (χ1) is 12.0. The molecule has 0 radical (unpaired) electrons.